The number of esters is 1. The number of aromatic nitrogens is 1. The maximum Gasteiger partial charge on any atom is 0.356 e. The molecule has 0 unspecified atom stereocenters. The molecule has 9 heteroatoms. The highest BCUT2D eigenvalue weighted by Crippen LogP contribution is 2.51. The van der Waals surface area contributed by atoms with Crippen LogP contribution >= 0.6 is 23.1 Å². The van der Waals surface area contributed by atoms with Gasteiger partial charge in [0.2, 0.25) is 5.91 Å². The largest absolute Gasteiger partial charge is 0.457 e. The van der Waals surface area contributed by atoms with Crippen molar-refractivity contribution in [3.05, 3.63) is 44.7 Å². The summed E-state index contributed by atoms with van der Waals surface area (Å²) in [5, 5.41) is 21.1. The van der Waals surface area contributed by atoms with Crippen molar-refractivity contribution in [2.45, 2.75) is 32.6 Å². The number of amides is 1. The molecular formula is C19H22N2O5S2. The van der Waals surface area contributed by atoms with E-state index in [2.05, 4.69) is 11.6 Å². The summed E-state index contributed by atoms with van der Waals surface area (Å²) < 4.78 is 5.19. The lowest BCUT2D eigenvalue weighted by molar-refractivity contribution is -0.164. The van der Waals surface area contributed by atoms with Crippen molar-refractivity contribution in [2.75, 3.05) is 6.61 Å². The van der Waals surface area contributed by atoms with Crippen LogP contribution in [-0.4, -0.2) is 50.7 Å². The van der Waals surface area contributed by atoms with Crippen LogP contribution in [0.4, 0.5) is 0 Å². The highest BCUT2D eigenvalue weighted by molar-refractivity contribution is 8.06. The molecule has 0 radical (unpaired) electrons. The van der Waals surface area contributed by atoms with E-state index in [4.69, 9.17) is 4.74 Å². The van der Waals surface area contributed by atoms with E-state index in [9.17, 15) is 19.8 Å². The van der Waals surface area contributed by atoms with Gasteiger partial charge >= 0.3 is 5.97 Å². The highest BCUT2D eigenvalue weighted by atomic mass is 32.2. The second-order valence-electron chi connectivity index (χ2n) is 6.60. The SMILES string of the molecule is C=CCOC(=O)C1=C(S/C=C\c2scnc2CO)[C@H](C)[C@@H]2[C@@H]([C@@H](C)O)C(=O)N12. The first-order valence-corrected chi connectivity index (χ1v) is 10.6. The lowest BCUT2D eigenvalue weighted by atomic mass is 9.79. The van der Waals surface area contributed by atoms with E-state index in [-0.39, 0.29) is 36.8 Å². The second-order valence-corrected chi connectivity index (χ2v) is 8.43. The Labute approximate surface area is 171 Å². The van der Waals surface area contributed by atoms with Gasteiger partial charge in [0.1, 0.15) is 12.3 Å². The molecule has 4 atom stereocenters. The lowest BCUT2D eigenvalue weighted by Gasteiger charge is -2.46. The molecule has 1 fully saturated rings. The molecule has 2 aliphatic rings. The molecule has 0 spiro atoms. The summed E-state index contributed by atoms with van der Waals surface area (Å²) in [6, 6.07) is -0.258. The van der Waals surface area contributed by atoms with Gasteiger partial charge in [-0.25, -0.2) is 9.78 Å². The minimum Gasteiger partial charge on any atom is -0.457 e. The monoisotopic (exact) mass is 422 g/mol. The first-order valence-electron chi connectivity index (χ1n) is 8.82. The molecule has 1 aromatic rings. The fourth-order valence-corrected chi connectivity index (χ4v) is 5.35. The molecule has 0 saturated carbocycles. The maximum atomic E-state index is 12.6. The number of hydrogen-bond donors (Lipinski definition) is 2. The average molecular weight is 423 g/mol. The van der Waals surface area contributed by atoms with Crippen LogP contribution in [0.2, 0.25) is 0 Å². The third-order valence-electron chi connectivity index (χ3n) is 4.87. The predicted octanol–water partition coefficient (Wildman–Crippen LogP) is 2.14. The molecular weight excluding hydrogens is 400 g/mol. The summed E-state index contributed by atoms with van der Waals surface area (Å²) in [6.45, 7) is 6.97. The summed E-state index contributed by atoms with van der Waals surface area (Å²) in [6.07, 6.45) is 2.51. The van der Waals surface area contributed by atoms with Crippen molar-refractivity contribution < 1.29 is 24.5 Å². The van der Waals surface area contributed by atoms with Gasteiger partial charge in [-0.2, -0.15) is 0 Å². The number of aliphatic hydroxyl groups excluding tert-OH is 2. The zero-order chi connectivity index (χ0) is 20.4. The average Bonchev–Trinajstić information content (AvgIpc) is 3.20. The number of thioether (sulfide) groups is 1. The highest BCUT2D eigenvalue weighted by Gasteiger charge is 2.60. The molecule has 2 aliphatic heterocycles. The molecule has 1 aromatic heterocycles. The van der Waals surface area contributed by atoms with Gasteiger partial charge in [-0.05, 0) is 18.4 Å². The van der Waals surface area contributed by atoms with E-state index < -0.39 is 18.0 Å². The minimum absolute atomic E-state index is 0.0533. The fraction of sp³-hybridized carbons (Fsp3) is 0.421. The van der Waals surface area contributed by atoms with Crippen molar-refractivity contribution >= 4 is 41.1 Å². The van der Waals surface area contributed by atoms with E-state index in [1.165, 1.54) is 34.1 Å². The van der Waals surface area contributed by atoms with Crippen LogP contribution in [0.5, 0.6) is 0 Å². The topological polar surface area (TPSA) is 100.0 Å². The van der Waals surface area contributed by atoms with Crippen LogP contribution in [0.15, 0.2) is 34.2 Å². The smallest absolute Gasteiger partial charge is 0.356 e. The Balaban J connectivity index is 1.88. The molecule has 1 saturated heterocycles. The van der Waals surface area contributed by atoms with Crippen LogP contribution in [0.3, 0.4) is 0 Å². The molecule has 3 heterocycles. The van der Waals surface area contributed by atoms with E-state index in [0.29, 0.717) is 5.69 Å². The molecule has 1 amide bonds. The Morgan fingerprint density at radius 3 is 2.96 bits per heavy atom. The van der Waals surface area contributed by atoms with Gasteiger partial charge in [0.25, 0.3) is 0 Å². The Bertz CT molecular complexity index is 845. The molecule has 7 nitrogen and oxygen atoms in total. The molecule has 2 N–H and O–H groups in total. The van der Waals surface area contributed by atoms with Crippen LogP contribution < -0.4 is 0 Å². The van der Waals surface area contributed by atoms with Gasteiger partial charge in [-0.3, -0.25) is 4.79 Å². The fourth-order valence-electron chi connectivity index (χ4n) is 3.57. The summed E-state index contributed by atoms with van der Waals surface area (Å²) in [5.41, 5.74) is 2.49. The number of carbonyl (C=O) groups is 2. The number of β-lactam (4-membered cyclic amide) rings is 1. The van der Waals surface area contributed by atoms with Crippen LogP contribution in [-0.2, 0) is 20.9 Å². The van der Waals surface area contributed by atoms with E-state index >= 15 is 0 Å². The van der Waals surface area contributed by atoms with Crippen molar-refractivity contribution in [3.8, 4) is 0 Å². The third-order valence-corrected chi connectivity index (χ3v) is 6.80. The van der Waals surface area contributed by atoms with Gasteiger partial charge < -0.3 is 19.8 Å². The summed E-state index contributed by atoms with van der Waals surface area (Å²) in [7, 11) is 0. The molecule has 150 valence electrons. The Hall–Kier alpha value is -1.94. The van der Waals surface area contributed by atoms with Gasteiger partial charge in [0, 0.05) is 10.8 Å². The number of rotatable bonds is 8. The minimum atomic E-state index is -0.786. The molecule has 3 rings (SSSR count). The zero-order valence-corrected chi connectivity index (χ0v) is 17.2. The number of nitrogens with zero attached hydrogens (tertiary/aromatic N) is 2. The van der Waals surface area contributed by atoms with E-state index in [0.717, 1.165) is 9.78 Å². The normalized spacial score (nSPS) is 25.1. The number of hydrogen-bond acceptors (Lipinski definition) is 8. The van der Waals surface area contributed by atoms with Gasteiger partial charge in [0.15, 0.2) is 0 Å². The number of aliphatic hydroxyl groups is 2. The number of fused-ring (bicyclic) bond motifs is 1. The van der Waals surface area contributed by atoms with Gasteiger partial charge in [-0.15, -0.1) is 11.3 Å². The Morgan fingerprint density at radius 1 is 1.57 bits per heavy atom. The zero-order valence-electron chi connectivity index (χ0n) is 15.6. The second kappa shape index (κ2) is 8.60. The molecule has 0 aromatic carbocycles. The quantitative estimate of drug-likeness (QED) is 0.376. The van der Waals surface area contributed by atoms with Crippen molar-refractivity contribution in [1.29, 1.82) is 0 Å². The first kappa shape index (κ1) is 20.8. The van der Waals surface area contributed by atoms with Crippen molar-refractivity contribution in [3.63, 3.8) is 0 Å². The standard InChI is InChI=1S/C19H22N2O5S2/c1-4-6-26-19(25)16-17(27-7-5-13-12(8-22)20-9-28-13)10(2)15-14(11(3)23)18(24)21(15)16/h4-5,7,9-11,14-15,22-23H,1,6,8H2,2-3H3/b7-5-/t10-,11-,14-,15-/m1/s1. The first-order chi connectivity index (χ1) is 13.4. The molecule has 0 bridgehead atoms. The van der Waals surface area contributed by atoms with Crippen molar-refractivity contribution in [2.24, 2.45) is 11.8 Å². The number of carbonyl (C=O) groups excluding carboxylic acids is 2. The Morgan fingerprint density at radius 2 is 2.32 bits per heavy atom. The summed E-state index contributed by atoms with van der Waals surface area (Å²) in [5.74, 6) is -1.47. The van der Waals surface area contributed by atoms with E-state index in [1.807, 2.05) is 18.4 Å². The lowest BCUT2D eigenvalue weighted by Crippen LogP contribution is -2.63. The number of thiazole rings is 1. The molecule has 0 aliphatic carbocycles. The summed E-state index contributed by atoms with van der Waals surface area (Å²) >= 11 is 2.74. The van der Waals surface area contributed by atoms with Crippen LogP contribution in [0.25, 0.3) is 6.08 Å². The van der Waals surface area contributed by atoms with E-state index in [1.54, 1.807) is 12.4 Å². The van der Waals surface area contributed by atoms with Crippen molar-refractivity contribution in [1.82, 2.24) is 9.88 Å². The van der Waals surface area contributed by atoms with Crippen LogP contribution in [0.1, 0.15) is 24.4 Å². The maximum absolute atomic E-state index is 12.6. The summed E-state index contributed by atoms with van der Waals surface area (Å²) in [4.78, 5) is 32.2. The Kier molecular flexibility index (Phi) is 6.39. The predicted molar refractivity (Wildman–Crippen MR) is 108 cm³/mol. The third kappa shape index (κ3) is 3.55. The van der Waals surface area contributed by atoms with Gasteiger partial charge in [-0.1, -0.05) is 31.3 Å². The van der Waals surface area contributed by atoms with Gasteiger partial charge in [0.05, 0.1) is 40.8 Å². The number of ether oxygens (including phenoxy) is 1. The molecule has 28 heavy (non-hydrogen) atoms. The van der Waals surface area contributed by atoms with Crippen LogP contribution in [0, 0.1) is 11.8 Å².